The standard InChI is InChI=1S/C17H17FN2O5S/c1-9-13(16(22)24-2)15(26-14(9)17(23)25-3)20-12(21)8-19-11-6-4-5-10(18)7-11/h4-7,19H,8H2,1-3H3,(H,20,21). The van der Waals surface area contributed by atoms with Gasteiger partial charge in [-0.3, -0.25) is 4.79 Å². The average molecular weight is 380 g/mol. The highest BCUT2D eigenvalue weighted by molar-refractivity contribution is 7.18. The first-order chi connectivity index (χ1) is 12.4. The summed E-state index contributed by atoms with van der Waals surface area (Å²) in [5.41, 5.74) is 0.894. The van der Waals surface area contributed by atoms with Gasteiger partial charge in [0.25, 0.3) is 0 Å². The molecule has 7 nitrogen and oxygen atoms in total. The fourth-order valence-electron chi connectivity index (χ4n) is 2.19. The first-order valence-electron chi connectivity index (χ1n) is 7.46. The second kappa shape index (κ2) is 8.43. The van der Waals surface area contributed by atoms with Gasteiger partial charge in [-0.05, 0) is 30.7 Å². The van der Waals surface area contributed by atoms with Crippen molar-refractivity contribution in [1.82, 2.24) is 0 Å². The Morgan fingerprint density at radius 2 is 1.85 bits per heavy atom. The van der Waals surface area contributed by atoms with Gasteiger partial charge in [-0.25, -0.2) is 14.0 Å². The number of esters is 2. The normalized spacial score (nSPS) is 10.2. The molecule has 1 heterocycles. The predicted molar refractivity (Wildman–Crippen MR) is 95.3 cm³/mol. The van der Waals surface area contributed by atoms with Gasteiger partial charge < -0.3 is 20.1 Å². The van der Waals surface area contributed by atoms with E-state index in [0.717, 1.165) is 11.3 Å². The van der Waals surface area contributed by atoms with Crippen LogP contribution in [0.2, 0.25) is 0 Å². The highest BCUT2D eigenvalue weighted by atomic mass is 32.1. The molecule has 2 aromatic rings. The van der Waals surface area contributed by atoms with Crippen LogP contribution in [0.3, 0.4) is 0 Å². The summed E-state index contributed by atoms with van der Waals surface area (Å²) in [6.45, 7) is 1.41. The molecule has 0 aliphatic rings. The van der Waals surface area contributed by atoms with Gasteiger partial charge in [0.1, 0.15) is 15.7 Å². The number of hydrogen-bond donors (Lipinski definition) is 2. The molecule has 2 N–H and O–H groups in total. The molecule has 0 aliphatic heterocycles. The highest BCUT2D eigenvalue weighted by Crippen LogP contribution is 2.34. The number of ether oxygens (including phenoxy) is 2. The number of carbonyl (C=O) groups excluding carboxylic acids is 3. The minimum atomic E-state index is -0.678. The van der Waals surface area contributed by atoms with E-state index >= 15 is 0 Å². The third-order valence-electron chi connectivity index (χ3n) is 3.44. The van der Waals surface area contributed by atoms with Crippen molar-refractivity contribution in [3.8, 4) is 0 Å². The topological polar surface area (TPSA) is 93.7 Å². The molecule has 9 heteroatoms. The van der Waals surface area contributed by atoms with Gasteiger partial charge in [0, 0.05) is 5.69 Å². The lowest BCUT2D eigenvalue weighted by Gasteiger charge is -2.08. The van der Waals surface area contributed by atoms with E-state index in [9.17, 15) is 18.8 Å². The predicted octanol–water partition coefficient (Wildman–Crippen LogP) is 2.82. The van der Waals surface area contributed by atoms with Crippen LogP contribution in [0.25, 0.3) is 0 Å². The number of halogens is 1. The summed E-state index contributed by atoms with van der Waals surface area (Å²) >= 11 is 0.920. The average Bonchev–Trinajstić information content (AvgIpc) is 2.94. The number of amides is 1. The van der Waals surface area contributed by atoms with Gasteiger partial charge in [-0.1, -0.05) is 6.07 Å². The lowest BCUT2D eigenvalue weighted by atomic mass is 10.1. The molecule has 0 saturated heterocycles. The van der Waals surface area contributed by atoms with Crippen LogP contribution in [-0.4, -0.2) is 38.6 Å². The summed E-state index contributed by atoms with van der Waals surface area (Å²) in [5, 5.41) is 5.52. The van der Waals surface area contributed by atoms with Crippen LogP contribution in [0.5, 0.6) is 0 Å². The van der Waals surface area contributed by atoms with Crippen molar-refractivity contribution < 1.29 is 28.2 Å². The quantitative estimate of drug-likeness (QED) is 0.749. The largest absolute Gasteiger partial charge is 0.465 e. The molecular formula is C17H17FN2O5S. The maximum Gasteiger partial charge on any atom is 0.348 e. The SMILES string of the molecule is COC(=O)c1sc(NC(=O)CNc2cccc(F)c2)c(C(=O)OC)c1C. The number of carbonyl (C=O) groups is 3. The maximum atomic E-state index is 13.1. The smallest absolute Gasteiger partial charge is 0.348 e. The summed E-state index contributed by atoms with van der Waals surface area (Å²) in [7, 11) is 2.43. The molecule has 26 heavy (non-hydrogen) atoms. The van der Waals surface area contributed by atoms with E-state index in [1.54, 1.807) is 13.0 Å². The second-order valence-electron chi connectivity index (χ2n) is 5.16. The van der Waals surface area contributed by atoms with Crippen molar-refractivity contribution in [3.63, 3.8) is 0 Å². The lowest BCUT2D eigenvalue weighted by molar-refractivity contribution is -0.114. The van der Waals surface area contributed by atoms with Gasteiger partial charge in [0.15, 0.2) is 0 Å². The van der Waals surface area contributed by atoms with Crippen molar-refractivity contribution >= 4 is 39.9 Å². The third-order valence-corrected chi connectivity index (χ3v) is 4.63. The van der Waals surface area contributed by atoms with Crippen LogP contribution >= 0.6 is 11.3 Å². The molecule has 0 radical (unpaired) electrons. The van der Waals surface area contributed by atoms with Crippen molar-refractivity contribution in [2.24, 2.45) is 0 Å². The summed E-state index contributed by atoms with van der Waals surface area (Å²) in [6, 6.07) is 5.66. The Labute approximate surface area is 153 Å². The molecule has 1 aromatic carbocycles. The van der Waals surface area contributed by atoms with Gasteiger partial charge in [-0.15, -0.1) is 11.3 Å². The van der Waals surface area contributed by atoms with Crippen LogP contribution in [0.1, 0.15) is 25.6 Å². The Morgan fingerprint density at radius 1 is 1.15 bits per heavy atom. The Kier molecular flexibility index (Phi) is 6.29. The number of nitrogens with one attached hydrogen (secondary N) is 2. The van der Waals surface area contributed by atoms with Gasteiger partial charge >= 0.3 is 11.9 Å². The van der Waals surface area contributed by atoms with Gasteiger partial charge in [0.05, 0.1) is 26.3 Å². The molecule has 0 unspecified atom stereocenters. The van der Waals surface area contributed by atoms with Crippen molar-refractivity contribution in [2.45, 2.75) is 6.92 Å². The van der Waals surface area contributed by atoms with E-state index in [0.29, 0.717) is 11.3 Å². The monoisotopic (exact) mass is 380 g/mol. The highest BCUT2D eigenvalue weighted by Gasteiger charge is 2.26. The maximum absolute atomic E-state index is 13.1. The van der Waals surface area contributed by atoms with E-state index < -0.39 is 23.7 Å². The van der Waals surface area contributed by atoms with Crippen LogP contribution < -0.4 is 10.6 Å². The molecule has 138 valence electrons. The van der Waals surface area contributed by atoms with Crippen LogP contribution in [-0.2, 0) is 14.3 Å². The van der Waals surface area contributed by atoms with Crippen molar-refractivity contribution in [1.29, 1.82) is 0 Å². The number of rotatable bonds is 6. The third kappa shape index (κ3) is 4.37. The van der Waals surface area contributed by atoms with E-state index in [-0.39, 0.29) is 22.0 Å². The van der Waals surface area contributed by atoms with Crippen molar-refractivity contribution in [3.05, 3.63) is 46.1 Å². The molecule has 0 fully saturated rings. The van der Waals surface area contributed by atoms with E-state index in [1.807, 2.05) is 0 Å². The fourth-order valence-corrected chi connectivity index (χ4v) is 3.32. The van der Waals surface area contributed by atoms with E-state index in [4.69, 9.17) is 4.74 Å². The van der Waals surface area contributed by atoms with Gasteiger partial charge in [0.2, 0.25) is 5.91 Å². The minimum absolute atomic E-state index is 0.0944. The molecule has 0 aliphatic carbocycles. The number of methoxy groups -OCH3 is 2. The number of thiophene rings is 1. The second-order valence-corrected chi connectivity index (χ2v) is 6.18. The number of hydrogen-bond acceptors (Lipinski definition) is 7. The zero-order valence-electron chi connectivity index (χ0n) is 14.3. The summed E-state index contributed by atoms with van der Waals surface area (Å²) < 4.78 is 22.5. The van der Waals surface area contributed by atoms with Gasteiger partial charge in [-0.2, -0.15) is 0 Å². The molecule has 0 atom stereocenters. The molecule has 1 amide bonds. The van der Waals surface area contributed by atoms with Crippen LogP contribution in [0, 0.1) is 12.7 Å². The fraction of sp³-hybridized carbons (Fsp3) is 0.235. The summed E-state index contributed by atoms with van der Waals surface area (Å²) in [5.74, 6) is -2.20. The Balaban J connectivity index is 2.17. The molecule has 0 spiro atoms. The van der Waals surface area contributed by atoms with Crippen molar-refractivity contribution in [2.75, 3.05) is 31.4 Å². The Hall–Kier alpha value is -2.94. The first kappa shape index (κ1) is 19.4. The van der Waals surface area contributed by atoms with Crippen LogP contribution in [0.4, 0.5) is 15.1 Å². The summed E-state index contributed by atoms with van der Waals surface area (Å²) in [4.78, 5) is 36.2. The van der Waals surface area contributed by atoms with Crippen LogP contribution in [0.15, 0.2) is 24.3 Å². The molecule has 0 bridgehead atoms. The molecule has 1 aromatic heterocycles. The number of anilines is 2. The molecular weight excluding hydrogens is 363 g/mol. The Morgan fingerprint density at radius 3 is 2.46 bits per heavy atom. The minimum Gasteiger partial charge on any atom is -0.465 e. The molecule has 2 rings (SSSR count). The zero-order chi connectivity index (χ0) is 19.3. The Bertz CT molecular complexity index is 850. The molecule has 0 saturated carbocycles. The first-order valence-corrected chi connectivity index (χ1v) is 8.28. The zero-order valence-corrected chi connectivity index (χ0v) is 15.2. The number of benzene rings is 1. The van der Waals surface area contributed by atoms with E-state index in [1.165, 1.54) is 32.4 Å². The van der Waals surface area contributed by atoms with E-state index in [2.05, 4.69) is 15.4 Å². The lowest BCUT2D eigenvalue weighted by Crippen LogP contribution is -2.22. The summed E-state index contributed by atoms with van der Waals surface area (Å²) in [6.07, 6.45) is 0.